The van der Waals surface area contributed by atoms with E-state index in [9.17, 15) is 0 Å². The Labute approximate surface area is 135 Å². The Morgan fingerprint density at radius 3 is 2.81 bits per heavy atom. The molecule has 3 rings (SSSR count). The molecule has 1 aliphatic rings. The summed E-state index contributed by atoms with van der Waals surface area (Å²) in [5, 5.41) is 5.17. The number of rotatable bonds is 6. The SMILES string of the molecule is CC(N)Cc1ccc(Cl)cc1N(Cc1ccsc1)C1CC1. The van der Waals surface area contributed by atoms with Gasteiger partial charge in [0.15, 0.2) is 0 Å². The Morgan fingerprint density at radius 1 is 1.38 bits per heavy atom. The molecule has 0 amide bonds. The summed E-state index contributed by atoms with van der Waals surface area (Å²) in [5.74, 6) is 0. The molecule has 1 aliphatic carbocycles. The van der Waals surface area contributed by atoms with Crippen molar-refractivity contribution in [3.05, 3.63) is 51.2 Å². The normalized spacial score (nSPS) is 16.0. The third-order valence-corrected chi connectivity index (χ3v) is 4.79. The number of nitrogens with two attached hydrogens (primary N) is 1. The first kappa shape index (κ1) is 14.9. The summed E-state index contributed by atoms with van der Waals surface area (Å²) in [6.45, 7) is 3.01. The fraction of sp³-hybridized carbons (Fsp3) is 0.412. The molecule has 4 heteroatoms. The molecule has 2 nitrogen and oxygen atoms in total. The van der Waals surface area contributed by atoms with Crippen molar-refractivity contribution in [2.24, 2.45) is 5.73 Å². The summed E-state index contributed by atoms with van der Waals surface area (Å²) in [6.07, 6.45) is 3.43. The van der Waals surface area contributed by atoms with E-state index in [1.54, 1.807) is 11.3 Å². The number of hydrogen-bond donors (Lipinski definition) is 1. The largest absolute Gasteiger partial charge is 0.364 e. The minimum Gasteiger partial charge on any atom is -0.364 e. The van der Waals surface area contributed by atoms with Crippen LogP contribution in [0.1, 0.15) is 30.9 Å². The van der Waals surface area contributed by atoms with Crippen LogP contribution >= 0.6 is 22.9 Å². The number of halogens is 1. The lowest BCUT2D eigenvalue weighted by Crippen LogP contribution is -2.27. The molecule has 0 bridgehead atoms. The van der Waals surface area contributed by atoms with E-state index in [2.05, 4.69) is 40.8 Å². The lowest BCUT2D eigenvalue weighted by atomic mass is 10.0. The summed E-state index contributed by atoms with van der Waals surface area (Å²) >= 11 is 8.00. The lowest BCUT2D eigenvalue weighted by Gasteiger charge is -2.28. The van der Waals surface area contributed by atoms with Crippen molar-refractivity contribution < 1.29 is 0 Å². The van der Waals surface area contributed by atoms with Crippen molar-refractivity contribution in [2.45, 2.75) is 44.8 Å². The molecular weight excluding hydrogens is 300 g/mol. The van der Waals surface area contributed by atoms with Crippen LogP contribution in [-0.2, 0) is 13.0 Å². The lowest BCUT2D eigenvalue weighted by molar-refractivity contribution is 0.724. The number of hydrogen-bond acceptors (Lipinski definition) is 3. The van der Waals surface area contributed by atoms with E-state index in [1.165, 1.54) is 29.7 Å². The van der Waals surface area contributed by atoms with Crippen LogP contribution in [0.3, 0.4) is 0 Å². The molecule has 1 saturated carbocycles. The van der Waals surface area contributed by atoms with Gasteiger partial charge in [0.2, 0.25) is 0 Å². The van der Waals surface area contributed by atoms with Crippen molar-refractivity contribution in [3.8, 4) is 0 Å². The smallest absolute Gasteiger partial charge is 0.0440 e. The summed E-state index contributed by atoms with van der Waals surface area (Å²) in [5.41, 5.74) is 9.94. The molecule has 0 saturated heterocycles. The second kappa shape index (κ2) is 6.39. The van der Waals surface area contributed by atoms with Crippen molar-refractivity contribution in [1.82, 2.24) is 0 Å². The standard InChI is InChI=1S/C17H21ClN2S/c1-12(19)8-14-2-3-15(18)9-17(14)20(16-4-5-16)10-13-6-7-21-11-13/h2-3,6-7,9,11-12,16H,4-5,8,10,19H2,1H3. The highest BCUT2D eigenvalue weighted by Gasteiger charge is 2.30. The monoisotopic (exact) mass is 320 g/mol. The molecule has 0 radical (unpaired) electrons. The van der Waals surface area contributed by atoms with Crippen LogP contribution in [0.25, 0.3) is 0 Å². The zero-order chi connectivity index (χ0) is 14.8. The maximum Gasteiger partial charge on any atom is 0.0440 e. The third kappa shape index (κ3) is 3.79. The topological polar surface area (TPSA) is 29.3 Å². The van der Waals surface area contributed by atoms with Crippen LogP contribution in [0, 0.1) is 0 Å². The van der Waals surface area contributed by atoms with Crippen LogP contribution in [0.4, 0.5) is 5.69 Å². The van der Waals surface area contributed by atoms with Gasteiger partial charge >= 0.3 is 0 Å². The van der Waals surface area contributed by atoms with Gasteiger partial charge in [-0.2, -0.15) is 11.3 Å². The van der Waals surface area contributed by atoms with Crippen LogP contribution < -0.4 is 10.6 Å². The summed E-state index contributed by atoms with van der Waals surface area (Å²) in [4.78, 5) is 2.51. The maximum atomic E-state index is 6.25. The molecule has 112 valence electrons. The zero-order valence-corrected chi connectivity index (χ0v) is 13.8. The quantitative estimate of drug-likeness (QED) is 0.851. The molecule has 1 unspecified atom stereocenters. The Morgan fingerprint density at radius 2 is 2.19 bits per heavy atom. The zero-order valence-electron chi connectivity index (χ0n) is 12.3. The summed E-state index contributed by atoms with van der Waals surface area (Å²) < 4.78 is 0. The van der Waals surface area contributed by atoms with E-state index < -0.39 is 0 Å². The first-order valence-electron chi connectivity index (χ1n) is 7.45. The van der Waals surface area contributed by atoms with Gasteiger partial charge < -0.3 is 10.6 Å². The second-order valence-electron chi connectivity index (χ2n) is 5.95. The molecule has 1 fully saturated rings. The Bertz CT molecular complexity index is 591. The number of nitrogens with zero attached hydrogens (tertiary/aromatic N) is 1. The molecule has 0 aliphatic heterocycles. The van der Waals surface area contributed by atoms with Gasteiger partial charge in [0.1, 0.15) is 0 Å². The molecular formula is C17H21ClN2S. The average molecular weight is 321 g/mol. The Kier molecular flexibility index (Phi) is 4.53. The molecule has 0 spiro atoms. The van der Waals surface area contributed by atoms with E-state index in [1.807, 2.05) is 6.07 Å². The fourth-order valence-corrected chi connectivity index (χ4v) is 3.53. The van der Waals surface area contributed by atoms with Gasteiger partial charge in [-0.05, 0) is 66.3 Å². The molecule has 1 heterocycles. The highest BCUT2D eigenvalue weighted by atomic mass is 35.5. The Hall–Kier alpha value is -1.03. The molecule has 1 aromatic carbocycles. The van der Waals surface area contributed by atoms with E-state index in [0.717, 1.165) is 18.0 Å². The molecule has 1 atom stereocenters. The highest BCUT2D eigenvalue weighted by molar-refractivity contribution is 7.07. The van der Waals surface area contributed by atoms with Crippen LogP contribution in [0.5, 0.6) is 0 Å². The van der Waals surface area contributed by atoms with Crippen molar-refractivity contribution in [2.75, 3.05) is 4.90 Å². The van der Waals surface area contributed by atoms with E-state index in [4.69, 9.17) is 17.3 Å². The van der Waals surface area contributed by atoms with Crippen LogP contribution in [-0.4, -0.2) is 12.1 Å². The van der Waals surface area contributed by atoms with Gasteiger partial charge in [-0.1, -0.05) is 17.7 Å². The number of anilines is 1. The minimum atomic E-state index is 0.159. The van der Waals surface area contributed by atoms with Crippen molar-refractivity contribution >= 4 is 28.6 Å². The van der Waals surface area contributed by atoms with Gasteiger partial charge in [-0.15, -0.1) is 0 Å². The molecule has 1 aromatic heterocycles. The van der Waals surface area contributed by atoms with Gasteiger partial charge in [-0.25, -0.2) is 0 Å². The van der Waals surface area contributed by atoms with E-state index >= 15 is 0 Å². The number of benzene rings is 1. The van der Waals surface area contributed by atoms with E-state index in [-0.39, 0.29) is 6.04 Å². The predicted molar refractivity (Wildman–Crippen MR) is 92.3 cm³/mol. The fourth-order valence-electron chi connectivity index (χ4n) is 2.70. The second-order valence-corrected chi connectivity index (χ2v) is 7.16. The van der Waals surface area contributed by atoms with Gasteiger partial charge in [0.25, 0.3) is 0 Å². The summed E-state index contributed by atoms with van der Waals surface area (Å²) in [6, 6.07) is 9.21. The van der Waals surface area contributed by atoms with Crippen molar-refractivity contribution in [1.29, 1.82) is 0 Å². The van der Waals surface area contributed by atoms with E-state index in [0.29, 0.717) is 6.04 Å². The third-order valence-electron chi connectivity index (χ3n) is 3.82. The first-order chi connectivity index (χ1) is 10.1. The van der Waals surface area contributed by atoms with Crippen molar-refractivity contribution in [3.63, 3.8) is 0 Å². The van der Waals surface area contributed by atoms with Crippen LogP contribution in [0.15, 0.2) is 35.0 Å². The molecule has 2 N–H and O–H groups in total. The minimum absolute atomic E-state index is 0.159. The van der Waals surface area contributed by atoms with Gasteiger partial charge in [0.05, 0.1) is 0 Å². The highest BCUT2D eigenvalue weighted by Crippen LogP contribution is 2.36. The van der Waals surface area contributed by atoms with Crippen LogP contribution in [0.2, 0.25) is 5.02 Å². The maximum absolute atomic E-state index is 6.25. The molecule has 2 aromatic rings. The van der Waals surface area contributed by atoms with Gasteiger partial charge in [0, 0.05) is 29.3 Å². The predicted octanol–water partition coefficient (Wildman–Crippen LogP) is 4.46. The summed E-state index contributed by atoms with van der Waals surface area (Å²) in [7, 11) is 0. The number of thiophene rings is 1. The Balaban J connectivity index is 1.92. The average Bonchev–Trinajstić information content (AvgIpc) is 3.15. The molecule has 21 heavy (non-hydrogen) atoms. The van der Waals surface area contributed by atoms with Gasteiger partial charge in [-0.3, -0.25) is 0 Å². The first-order valence-corrected chi connectivity index (χ1v) is 8.77.